The highest BCUT2D eigenvalue weighted by atomic mass is 32.2. The number of carbonyl (C=O) groups excluding carboxylic acids is 1. The van der Waals surface area contributed by atoms with Crippen molar-refractivity contribution in [2.24, 2.45) is 5.92 Å². The zero-order valence-electron chi connectivity index (χ0n) is 12.3. The molecule has 122 valence electrons. The monoisotopic (exact) mass is 332 g/mol. The fourth-order valence-electron chi connectivity index (χ4n) is 2.13. The number of benzene rings is 1. The quantitative estimate of drug-likeness (QED) is 0.747. The summed E-state index contributed by atoms with van der Waals surface area (Å²) in [6, 6.07) is 5.58. The average Bonchev–Trinajstić information content (AvgIpc) is 3.20. The zero-order valence-corrected chi connectivity index (χ0v) is 13.1. The van der Waals surface area contributed by atoms with Crippen LogP contribution in [-0.4, -0.2) is 29.5 Å². The number of rotatable bonds is 6. The summed E-state index contributed by atoms with van der Waals surface area (Å²) in [7, 11) is 0. The van der Waals surface area contributed by atoms with Gasteiger partial charge in [-0.25, -0.2) is 4.79 Å². The largest absolute Gasteiger partial charge is 0.446 e. The summed E-state index contributed by atoms with van der Waals surface area (Å²) in [5, 5.41) is 2.69. The van der Waals surface area contributed by atoms with E-state index in [1.54, 1.807) is 11.0 Å². The third-order valence-corrected chi connectivity index (χ3v) is 4.00. The van der Waals surface area contributed by atoms with E-state index < -0.39 is 5.51 Å². The van der Waals surface area contributed by atoms with Crippen LogP contribution in [0, 0.1) is 5.92 Å². The molecule has 0 aromatic heterocycles. The first kappa shape index (κ1) is 17.0. The van der Waals surface area contributed by atoms with Gasteiger partial charge in [-0.3, -0.25) is 0 Å². The maximum Gasteiger partial charge on any atom is 0.446 e. The fraction of sp³-hybridized carbons (Fsp3) is 0.533. The molecule has 0 saturated heterocycles. The smallest absolute Gasteiger partial charge is 0.324 e. The van der Waals surface area contributed by atoms with Crippen molar-refractivity contribution in [3.05, 3.63) is 24.3 Å². The molecule has 0 bridgehead atoms. The molecule has 1 aliphatic carbocycles. The van der Waals surface area contributed by atoms with Crippen LogP contribution in [-0.2, 0) is 0 Å². The van der Waals surface area contributed by atoms with Crippen molar-refractivity contribution in [2.45, 2.75) is 36.6 Å². The second-order valence-electron chi connectivity index (χ2n) is 5.40. The summed E-state index contributed by atoms with van der Waals surface area (Å²) in [6.07, 6.45) is 3.14. The van der Waals surface area contributed by atoms with Crippen molar-refractivity contribution in [1.29, 1.82) is 0 Å². The number of urea groups is 1. The molecule has 2 amide bonds. The Bertz CT molecular complexity index is 518. The van der Waals surface area contributed by atoms with Crippen LogP contribution in [0.2, 0.25) is 0 Å². The van der Waals surface area contributed by atoms with E-state index in [9.17, 15) is 18.0 Å². The number of hydrogen-bond donors (Lipinski definition) is 1. The van der Waals surface area contributed by atoms with Gasteiger partial charge in [0, 0.05) is 23.7 Å². The third-order valence-electron chi connectivity index (χ3n) is 3.28. The molecule has 1 fully saturated rings. The highest BCUT2D eigenvalue weighted by Crippen LogP contribution is 2.37. The molecular formula is C15H19F3N2OS. The molecule has 1 saturated carbocycles. The van der Waals surface area contributed by atoms with Crippen LogP contribution in [0.4, 0.5) is 23.7 Å². The molecule has 3 nitrogen and oxygen atoms in total. The van der Waals surface area contributed by atoms with Gasteiger partial charge in [-0.05, 0) is 55.1 Å². The van der Waals surface area contributed by atoms with Crippen molar-refractivity contribution in [2.75, 3.05) is 18.4 Å². The van der Waals surface area contributed by atoms with Gasteiger partial charge in [0.2, 0.25) is 0 Å². The summed E-state index contributed by atoms with van der Waals surface area (Å²) in [6.45, 7) is 3.36. The molecule has 2 rings (SSSR count). The van der Waals surface area contributed by atoms with Crippen molar-refractivity contribution in [3.8, 4) is 0 Å². The lowest BCUT2D eigenvalue weighted by Crippen LogP contribution is -2.37. The number of hydrogen-bond acceptors (Lipinski definition) is 2. The van der Waals surface area contributed by atoms with Crippen LogP contribution in [0.25, 0.3) is 0 Å². The van der Waals surface area contributed by atoms with Crippen LogP contribution < -0.4 is 5.32 Å². The van der Waals surface area contributed by atoms with E-state index in [0.717, 1.165) is 25.8 Å². The predicted molar refractivity (Wildman–Crippen MR) is 82.0 cm³/mol. The summed E-state index contributed by atoms with van der Waals surface area (Å²) >= 11 is -0.184. The third kappa shape index (κ3) is 5.79. The molecule has 1 aliphatic rings. The lowest BCUT2D eigenvalue weighted by Gasteiger charge is -2.22. The first-order valence-corrected chi connectivity index (χ1v) is 8.11. The fourth-order valence-corrected chi connectivity index (χ4v) is 2.73. The molecular weight excluding hydrogens is 313 g/mol. The van der Waals surface area contributed by atoms with E-state index in [0.29, 0.717) is 18.2 Å². The first-order chi connectivity index (χ1) is 10.4. The van der Waals surface area contributed by atoms with Crippen molar-refractivity contribution in [1.82, 2.24) is 4.90 Å². The van der Waals surface area contributed by atoms with Crippen LogP contribution in [0.1, 0.15) is 26.2 Å². The number of anilines is 1. The minimum absolute atomic E-state index is 0.0644. The lowest BCUT2D eigenvalue weighted by molar-refractivity contribution is -0.0328. The van der Waals surface area contributed by atoms with Gasteiger partial charge in [0.25, 0.3) is 0 Å². The molecule has 1 aromatic rings. The minimum Gasteiger partial charge on any atom is -0.324 e. The van der Waals surface area contributed by atoms with Crippen molar-refractivity contribution in [3.63, 3.8) is 0 Å². The predicted octanol–water partition coefficient (Wildman–Crippen LogP) is 4.95. The molecule has 1 aromatic carbocycles. The number of thioether (sulfide) groups is 1. The van der Waals surface area contributed by atoms with Crippen LogP contribution in [0.15, 0.2) is 29.2 Å². The Morgan fingerprint density at radius 3 is 2.73 bits per heavy atom. The summed E-state index contributed by atoms with van der Waals surface area (Å²) in [4.78, 5) is 14.0. The van der Waals surface area contributed by atoms with Gasteiger partial charge in [-0.15, -0.1) is 0 Å². The summed E-state index contributed by atoms with van der Waals surface area (Å²) < 4.78 is 37.1. The number of carbonyl (C=O) groups is 1. The molecule has 1 N–H and O–H groups in total. The maximum absolute atomic E-state index is 12.4. The Morgan fingerprint density at radius 1 is 1.41 bits per heavy atom. The van der Waals surface area contributed by atoms with Gasteiger partial charge >= 0.3 is 11.5 Å². The first-order valence-electron chi connectivity index (χ1n) is 7.29. The number of nitrogens with one attached hydrogen (secondary N) is 1. The van der Waals surface area contributed by atoms with Gasteiger partial charge in [0.15, 0.2) is 0 Å². The molecule has 0 spiro atoms. The van der Waals surface area contributed by atoms with E-state index in [4.69, 9.17) is 0 Å². The van der Waals surface area contributed by atoms with Gasteiger partial charge in [-0.2, -0.15) is 13.2 Å². The molecule has 7 heteroatoms. The van der Waals surface area contributed by atoms with E-state index in [1.165, 1.54) is 18.2 Å². The van der Waals surface area contributed by atoms with Gasteiger partial charge in [-0.1, -0.05) is 13.0 Å². The highest BCUT2D eigenvalue weighted by Gasteiger charge is 2.29. The summed E-state index contributed by atoms with van der Waals surface area (Å²) in [5.41, 5.74) is -3.95. The Kier molecular flexibility index (Phi) is 5.61. The Hall–Kier alpha value is -1.37. The molecule has 0 atom stereocenters. The van der Waals surface area contributed by atoms with E-state index >= 15 is 0 Å². The molecule has 0 unspecified atom stereocenters. The molecule has 22 heavy (non-hydrogen) atoms. The second kappa shape index (κ2) is 7.26. The van der Waals surface area contributed by atoms with Gasteiger partial charge in [0.05, 0.1) is 0 Å². The number of halogens is 3. The van der Waals surface area contributed by atoms with Gasteiger partial charge < -0.3 is 10.2 Å². The zero-order chi connectivity index (χ0) is 16.2. The van der Waals surface area contributed by atoms with Crippen LogP contribution in [0.5, 0.6) is 0 Å². The number of nitrogens with zero attached hydrogens (tertiary/aromatic N) is 1. The highest BCUT2D eigenvalue weighted by molar-refractivity contribution is 8.00. The number of amides is 2. The molecule has 0 radical (unpaired) electrons. The average molecular weight is 332 g/mol. The summed E-state index contributed by atoms with van der Waals surface area (Å²) in [5.74, 6) is 0.574. The van der Waals surface area contributed by atoms with Gasteiger partial charge in [0.1, 0.15) is 0 Å². The lowest BCUT2D eigenvalue weighted by atomic mass is 10.3. The molecule has 0 aliphatic heterocycles. The SMILES string of the molecule is CCCN(CC1CC1)C(=O)Nc1cccc(SC(F)(F)F)c1. The van der Waals surface area contributed by atoms with E-state index in [-0.39, 0.29) is 22.7 Å². The number of alkyl halides is 3. The topological polar surface area (TPSA) is 32.3 Å². The maximum atomic E-state index is 12.4. The Morgan fingerprint density at radius 2 is 2.14 bits per heavy atom. The van der Waals surface area contributed by atoms with Crippen molar-refractivity contribution < 1.29 is 18.0 Å². The second-order valence-corrected chi connectivity index (χ2v) is 6.53. The van der Waals surface area contributed by atoms with Crippen LogP contribution >= 0.6 is 11.8 Å². The Labute approximate surface area is 132 Å². The van der Waals surface area contributed by atoms with Crippen LogP contribution in [0.3, 0.4) is 0 Å². The molecule has 0 heterocycles. The Balaban J connectivity index is 1.98. The normalized spacial score (nSPS) is 14.7. The van der Waals surface area contributed by atoms with Crippen molar-refractivity contribution >= 4 is 23.5 Å². The van der Waals surface area contributed by atoms with E-state index in [1.807, 2.05) is 6.92 Å². The standard InChI is InChI=1S/C15H19F3N2OS/c1-2-8-20(10-11-6-7-11)14(21)19-12-4-3-5-13(9-12)22-15(16,17)18/h3-5,9,11H,2,6-8,10H2,1H3,(H,19,21). The van der Waals surface area contributed by atoms with E-state index in [2.05, 4.69) is 5.32 Å². The minimum atomic E-state index is -4.33.